The molecule has 0 saturated heterocycles. The summed E-state index contributed by atoms with van der Waals surface area (Å²) in [4.78, 5) is 0. The van der Waals surface area contributed by atoms with Crippen LogP contribution in [0, 0.1) is 11.6 Å². The van der Waals surface area contributed by atoms with Gasteiger partial charge in [0.2, 0.25) is 0 Å². The van der Waals surface area contributed by atoms with E-state index in [0.717, 1.165) is 30.0 Å². The Balaban J connectivity index is 1.59. The maximum Gasteiger partial charge on any atom is 0.276 e. The second-order valence-electron chi connectivity index (χ2n) is 10.4. The van der Waals surface area contributed by atoms with Crippen molar-refractivity contribution in [3.8, 4) is 22.3 Å². The van der Waals surface area contributed by atoms with Gasteiger partial charge >= 0.3 is 0 Å². The molecule has 206 valence electrons. The first-order valence-corrected chi connectivity index (χ1v) is 14.4. The molecule has 0 aliphatic carbocycles. The monoisotopic (exact) mass is 526 g/mol. The van der Waals surface area contributed by atoms with Crippen molar-refractivity contribution in [3.05, 3.63) is 83.4 Å². The number of halogens is 4. The van der Waals surface area contributed by atoms with E-state index in [1.807, 2.05) is 19.1 Å². The van der Waals surface area contributed by atoms with Crippen molar-refractivity contribution in [2.24, 2.45) is 0 Å². The van der Waals surface area contributed by atoms with Crippen LogP contribution in [0.15, 0.2) is 60.7 Å². The minimum atomic E-state index is -3.39. The number of hydrogen-bond donors (Lipinski definition) is 0. The summed E-state index contributed by atoms with van der Waals surface area (Å²) in [5.74, 6) is -6.07. The molecule has 0 aliphatic heterocycles. The van der Waals surface area contributed by atoms with Gasteiger partial charge in [-0.15, -0.1) is 0 Å². The first-order chi connectivity index (χ1) is 18.4. The summed E-state index contributed by atoms with van der Waals surface area (Å²) in [5, 5.41) is 0. The topological polar surface area (TPSA) is 0 Å². The molecule has 0 amide bonds. The van der Waals surface area contributed by atoms with Crippen LogP contribution in [0.25, 0.3) is 22.3 Å². The number of hydrogen-bond acceptors (Lipinski definition) is 0. The Bertz CT molecular complexity index is 1100. The van der Waals surface area contributed by atoms with E-state index in [0.29, 0.717) is 12.0 Å². The largest absolute Gasteiger partial charge is 0.276 e. The maximum absolute atomic E-state index is 14.8. The fourth-order valence-electron chi connectivity index (χ4n) is 4.96. The zero-order valence-electron chi connectivity index (χ0n) is 23.0. The minimum absolute atomic E-state index is 0.0112. The molecule has 0 nitrogen and oxygen atoms in total. The molecule has 0 fully saturated rings. The van der Waals surface area contributed by atoms with Gasteiger partial charge in [0.15, 0.2) is 11.6 Å². The highest BCUT2D eigenvalue weighted by atomic mass is 19.3. The highest BCUT2D eigenvalue weighted by molar-refractivity contribution is 5.71. The summed E-state index contributed by atoms with van der Waals surface area (Å²) >= 11 is 0. The number of benzene rings is 3. The molecule has 0 N–H and O–H groups in total. The molecule has 0 atom stereocenters. The van der Waals surface area contributed by atoms with Gasteiger partial charge < -0.3 is 0 Å². The average Bonchev–Trinajstić information content (AvgIpc) is 2.92. The van der Waals surface area contributed by atoms with Gasteiger partial charge in [-0.2, -0.15) is 0 Å². The van der Waals surface area contributed by atoms with E-state index in [1.54, 1.807) is 12.1 Å². The van der Waals surface area contributed by atoms with Gasteiger partial charge in [0.05, 0.1) is 5.56 Å². The van der Waals surface area contributed by atoms with E-state index in [2.05, 4.69) is 31.2 Å². The summed E-state index contributed by atoms with van der Waals surface area (Å²) in [6.07, 6.45) is 12.7. The molecule has 38 heavy (non-hydrogen) atoms. The highest BCUT2D eigenvalue weighted by Gasteiger charge is 2.35. The lowest BCUT2D eigenvalue weighted by molar-refractivity contribution is -0.0195. The summed E-state index contributed by atoms with van der Waals surface area (Å²) in [5.41, 5.74) is 2.91. The van der Waals surface area contributed by atoms with E-state index < -0.39 is 29.5 Å². The van der Waals surface area contributed by atoms with Crippen molar-refractivity contribution in [2.45, 2.75) is 103 Å². The molecule has 0 unspecified atom stereocenters. The first-order valence-electron chi connectivity index (χ1n) is 14.4. The SMILES string of the molecule is CCCCCCCCCCc1ccc(-c2ccc(-c3ccc(C(F)(F)CCCCC)c(F)c3F)cc2)cc1. The Hall–Kier alpha value is -2.62. The molecule has 0 radical (unpaired) electrons. The van der Waals surface area contributed by atoms with Crippen molar-refractivity contribution in [1.82, 2.24) is 0 Å². The Kier molecular flexibility index (Phi) is 11.9. The van der Waals surface area contributed by atoms with Crippen molar-refractivity contribution in [2.75, 3.05) is 0 Å². The summed E-state index contributed by atoms with van der Waals surface area (Å²) in [6, 6.07) is 17.9. The van der Waals surface area contributed by atoms with E-state index in [-0.39, 0.29) is 12.0 Å². The van der Waals surface area contributed by atoms with E-state index in [9.17, 15) is 17.6 Å². The Morgan fingerprint density at radius 3 is 1.63 bits per heavy atom. The fraction of sp³-hybridized carbons (Fsp3) is 0.471. The Morgan fingerprint density at radius 1 is 0.526 bits per heavy atom. The van der Waals surface area contributed by atoms with E-state index >= 15 is 0 Å². The van der Waals surface area contributed by atoms with Crippen LogP contribution in [0.5, 0.6) is 0 Å². The molecule has 3 aromatic rings. The molecule has 0 bridgehead atoms. The van der Waals surface area contributed by atoms with Crippen molar-refractivity contribution in [3.63, 3.8) is 0 Å². The van der Waals surface area contributed by atoms with E-state index in [4.69, 9.17) is 0 Å². The molecule has 0 saturated carbocycles. The van der Waals surface area contributed by atoms with Gasteiger partial charge in [0.25, 0.3) is 5.92 Å². The zero-order chi connectivity index (χ0) is 27.4. The minimum Gasteiger partial charge on any atom is -0.203 e. The standard InChI is InChI=1S/C34H42F4/c1-3-5-7-8-9-10-11-12-14-26-15-17-27(18-16-26)28-19-21-29(22-20-28)30-23-24-31(33(36)32(30)35)34(37,38)25-13-6-4-2/h15-24H,3-14,25H2,1-2H3. The third kappa shape index (κ3) is 8.44. The number of rotatable bonds is 16. The summed E-state index contributed by atoms with van der Waals surface area (Å²) < 4.78 is 58.5. The molecular formula is C34H42F4. The molecular weight excluding hydrogens is 484 g/mol. The maximum atomic E-state index is 14.8. The van der Waals surface area contributed by atoms with Crippen LogP contribution in [0.4, 0.5) is 17.6 Å². The quantitative estimate of drug-likeness (QED) is 0.129. The summed E-state index contributed by atoms with van der Waals surface area (Å²) in [7, 11) is 0. The molecule has 0 heterocycles. The van der Waals surface area contributed by atoms with Crippen LogP contribution >= 0.6 is 0 Å². The molecule has 0 aromatic heterocycles. The average molecular weight is 527 g/mol. The molecule has 0 spiro atoms. The molecule has 0 aliphatic rings. The molecule has 4 heteroatoms. The van der Waals surface area contributed by atoms with Gasteiger partial charge in [0.1, 0.15) is 0 Å². The fourth-order valence-corrected chi connectivity index (χ4v) is 4.96. The predicted molar refractivity (Wildman–Crippen MR) is 152 cm³/mol. The van der Waals surface area contributed by atoms with Crippen molar-refractivity contribution in [1.29, 1.82) is 0 Å². The number of aryl methyl sites for hydroxylation is 1. The smallest absolute Gasteiger partial charge is 0.203 e. The van der Waals surface area contributed by atoms with Gasteiger partial charge in [0, 0.05) is 12.0 Å². The first kappa shape index (κ1) is 29.9. The highest BCUT2D eigenvalue weighted by Crippen LogP contribution is 2.38. The zero-order valence-corrected chi connectivity index (χ0v) is 23.0. The number of alkyl halides is 2. The van der Waals surface area contributed by atoms with Crippen LogP contribution in [0.3, 0.4) is 0 Å². The van der Waals surface area contributed by atoms with Crippen LogP contribution in [-0.2, 0) is 12.3 Å². The predicted octanol–water partition coefficient (Wildman–Crippen LogP) is 11.7. The third-order valence-corrected chi connectivity index (χ3v) is 7.37. The second-order valence-corrected chi connectivity index (χ2v) is 10.4. The second kappa shape index (κ2) is 15.1. The Labute approximate surface area is 226 Å². The van der Waals surface area contributed by atoms with Crippen LogP contribution in [0.2, 0.25) is 0 Å². The van der Waals surface area contributed by atoms with E-state index in [1.165, 1.54) is 63.0 Å². The van der Waals surface area contributed by atoms with Crippen molar-refractivity contribution < 1.29 is 17.6 Å². The lowest BCUT2D eigenvalue weighted by atomic mass is 9.95. The number of unbranched alkanes of at least 4 members (excludes halogenated alkanes) is 9. The van der Waals surface area contributed by atoms with Gasteiger partial charge in [-0.3, -0.25) is 0 Å². The Morgan fingerprint density at radius 2 is 1.03 bits per heavy atom. The lowest BCUT2D eigenvalue weighted by Gasteiger charge is -2.18. The van der Waals surface area contributed by atoms with Gasteiger partial charge in [-0.25, -0.2) is 17.6 Å². The molecule has 3 aromatic carbocycles. The third-order valence-electron chi connectivity index (χ3n) is 7.37. The van der Waals surface area contributed by atoms with Crippen LogP contribution < -0.4 is 0 Å². The normalized spacial score (nSPS) is 11.7. The van der Waals surface area contributed by atoms with Gasteiger partial charge in [-0.1, -0.05) is 126 Å². The lowest BCUT2D eigenvalue weighted by Crippen LogP contribution is -2.16. The van der Waals surface area contributed by atoms with Crippen molar-refractivity contribution >= 4 is 0 Å². The summed E-state index contributed by atoms with van der Waals surface area (Å²) in [6.45, 7) is 4.15. The molecule has 3 rings (SSSR count). The van der Waals surface area contributed by atoms with Crippen LogP contribution in [0.1, 0.15) is 102 Å². The van der Waals surface area contributed by atoms with Crippen LogP contribution in [-0.4, -0.2) is 0 Å². The van der Waals surface area contributed by atoms with Gasteiger partial charge in [-0.05, 0) is 47.6 Å².